The van der Waals surface area contributed by atoms with Crippen LogP contribution in [0.15, 0.2) is 30.5 Å². The number of aliphatic carboxylic acids is 1. The van der Waals surface area contributed by atoms with Crippen LogP contribution in [0, 0.1) is 6.92 Å². The van der Waals surface area contributed by atoms with Crippen LogP contribution in [0.4, 0.5) is 0 Å². The van der Waals surface area contributed by atoms with Crippen LogP contribution in [-0.4, -0.2) is 32.3 Å². The summed E-state index contributed by atoms with van der Waals surface area (Å²) in [5, 5.41) is 14.0. The van der Waals surface area contributed by atoms with E-state index in [1.807, 2.05) is 31.2 Å². The van der Waals surface area contributed by atoms with Crippen molar-refractivity contribution in [2.24, 2.45) is 0 Å². The third kappa shape index (κ3) is 3.43. The molecule has 0 amide bonds. The second-order valence-corrected chi connectivity index (χ2v) is 5.98. The Morgan fingerprint density at radius 1 is 1.45 bits per heavy atom. The minimum Gasteiger partial charge on any atom is -0.493 e. The molecule has 0 aliphatic carbocycles. The molecule has 3 aromatic rings. The Morgan fingerprint density at radius 3 is 3.05 bits per heavy atom. The first kappa shape index (κ1) is 14.5. The molecule has 0 aliphatic heterocycles. The van der Waals surface area contributed by atoms with E-state index in [0.29, 0.717) is 23.7 Å². The van der Waals surface area contributed by atoms with Gasteiger partial charge in [0.25, 0.3) is 0 Å². The zero-order valence-corrected chi connectivity index (χ0v) is 12.8. The lowest BCUT2D eigenvalue weighted by Gasteiger charge is -2.04. The Hall–Kier alpha value is -2.41. The number of fused-ring (bicyclic) bond motifs is 1. The molecule has 3 rings (SSSR count). The number of hydrogen-bond acceptors (Lipinski definition) is 5. The maximum absolute atomic E-state index is 10.7. The molecule has 0 saturated heterocycles. The molecule has 0 aliphatic rings. The normalized spacial score (nSPS) is 11.0. The van der Waals surface area contributed by atoms with Gasteiger partial charge in [-0.3, -0.25) is 4.79 Å². The molecule has 7 heteroatoms. The van der Waals surface area contributed by atoms with E-state index < -0.39 is 5.97 Å². The molecule has 6 nitrogen and oxygen atoms in total. The number of benzene rings is 1. The summed E-state index contributed by atoms with van der Waals surface area (Å²) in [6.45, 7) is 2.57. The Bertz CT molecular complexity index is 778. The minimum absolute atomic E-state index is 0.0815. The zero-order valence-electron chi connectivity index (χ0n) is 12.0. The third-order valence-electron chi connectivity index (χ3n) is 3.04. The van der Waals surface area contributed by atoms with Gasteiger partial charge in [0.05, 0.1) is 24.9 Å². The molecule has 114 valence electrons. The first-order valence-electron chi connectivity index (χ1n) is 6.85. The van der Waals surface area contributed by atoms with Gasteiger partial charge >= 0.3 is 5.97 Å². The highest BCUT2D eigenvalue weighted by atomic mass is 32.1. The van der Waals surface area contributed by atoms with Crippen molar-refractivity contribution < 1.29 is 14.6 Å². The standard InChI is InChI=1S/C15H15N3O3S/c1-10-3-2-4-12(7-10)21-6-5-13-17-18-9-11(8-14(19)20)16-15(18)22-13/h2-4,7,9H,5-6,8H2,1H3,(H,19,20). The van der Waals surface area contributed by atoms with Gasteiger partial charge in [-0.15, -0.1) is 0 Å². The largest absolute Gasteiger partial charge is 0.493 e. The molecule has 0 atom stereocenters. The van der Waals surface area contributed by atoms with Gasteiger partial charge in [-0.2, -0.15) is 5.10 Å². The Kier molecular flexibility index (Phi) is 4.06. The van der Waals surface area contributed by atoms with Crippen molar-refractivity contribution in [3.63, 3.8) is 0 Å². The molecule has 1 N–H and O–H groups in total. The molecule has 0 bridgehead atoms. The fourth-order valence-corrected chi connectivity index (χ4v) is 2.96. The number of hydrogen-bond donors (Lipinski definition) is 1. The first-order chi connectivity index (χ1) is 10.6. The van der Waals surface area contributed by atoms with Gasteiger partial charge in [-0.1, -0.05) is 23.5 Å². The molecule has 0 unspecified atom stereocenters. The van der Waals surface area contributed by atoms with E-state index in [0.717, 1.165) is 16.3 Å². The molecule has 0 saturated carbocycles. The second kappa shape index (κ2) is 6.15. The molecule has 2 heterocycles. The Labute approximate surface area is 131 Å². The van der Waals surface area contributed by atoms with Gasteiger partial charge in [0.1, 0.15) is 10.8 Å². The SMILES string of the molecule is Cc1cccc(OCCc2nn3cc(CC(=O)O)nc3s2)c1. The maximum Gasteiger partial charge on any atom is 0.309 e. The lowest BCUT2D eigenvalue weighted by Crippen LogP contribution is -2.02. The maximum atomic E-state index is 10.7. The van der Waals surface area contributed by atoms with E-state index in [-0.39, 0.29) is 6.42 Å². The first-order valence-corrected chi connectivity index (χ1v) is 7.67. The van der Waals surface area contributed by atoms with Crippen LogP contribution in [-0.2, 0) is 17.6 Å². The molecular weight excluding hydrogens is 302 g/mol. The highest BCUT2D eigenvalue weighted by molar-refractivity contribution is 7.16. The molecule has 1 aromatic carbocycles. The van der Waals surface area contributed by atoms with Gasteiger partial charge in [0, 0.05) is 6.42 Å². The summed E-state index contributed by atoms with van der Waals surface area (Å²) >= 11 is 1.45. The highest BCUT2D eigenvalue weighted by Gasteiger charge is 2.10. The average Bonchev–Trinajstić information content (AvgIpc) is 2.95. The summed E-state index contributed by atoms with van der Waals surface area (Å²) in [4.78, 5) is 15.6. The van der Waals surface area contributed by atoms with Crippen molar-refractivity contribution in [3.05, 3.63) is 46.7 Å². The number of aromatic nitrogens is 3. The fourth-order valence-electron chi connectivity index (χ4n) is 2.09. The average molecular weight is 317 g/mol. The number of carboxylic acid groups (broad SMARTS) is 1. The van der Waals surface area contributed by atoms with E-state index in [4.69, 9.17) is 9.84 Å². The monoisotopic (exact) mass is 317 g/mol. The number of imidazole rings is 1. The molecule has 0 spiro atoms. The van der Waals surface area contributed by atoms with Crippen molar-refractivity contribution >= 4 is 22.3 Å². The Morgan fingerprint density at radius 2 is 2.32 bits per heavy atom. The molecule has 0 fully saturated rings. The topological polar surface area (TPSA) is 76.7 Å². The smallest absolute Gasteiger partial charge is 0.309 e. The van der Waals surface area contributed by atoms with Crippen LogP contribution in [0.25, 0.3) is 4.96 Å². The number of nitrogens with zero attached hydrogens (tertiary/aromatic N) is 3. The van der Waals surface area contributed by atoms with E-state index in [1.165, 1.54) is 11.3 Å². The highest BCUT2D eigenvalue weighted by Crippen LogP contribution is 2.17. The van der Waals surface area contributed by atoms with Crippen molar-refractivity contribution in [1.29, 1.82) is 0 Å². The van der Waals surface area contributed by atoms with Crippen molar-refractivity contribution in [1.82, 2.24) is 14.6 Å². The zero-order chi connectivity index (χ0) is 15.5. The second-order valence-electron chi connectivity index (χ2n) is 4.94. The van der Waals surface area contributed by atoms with Crippen LogP contribution >= 0.6 is 11.3 Å². The predicted octanol–water partition coefficient (Wildman–Crippen LogP) is 2.35. The van der Waals surface area contributed by atoms with Crippen LogP contribution < -0.4 is 4.74 Å². The summed E-state index contributed by atoms with van der Waals surface area (Å²) in [6, 6.07) is 7.91. The summed E-state index contributed by atoms with van der Waals surface area (Å²) in [6.07, 6.45) is 2.27. The molecule has 22 heavy (non-hydrogen) atoms. The fraction of sp³-hybridized carbons (Fsp3) is 0.267. The van der Waals surface area contributed by atoms with Gasteiger partial charge < -0.3 is 9.84 Å². The molecular formula is C15H15N3O3S. The van der Waals surface area contributed by atoms with Crippen molar-refractivity contribution in [2.75, 3.05) is 6.61 Å². The summed E-state index contributed by atoms with van der Waals surface area (Å²) in [5.41, 5.74) is 1.69. The van der Waals surface area contributed by atoms with E-state index >= 15 is 0 Å². The van der Waals surface area contributed by atoms with Gasteiger partial charge in [0.2, 0.25) is 4.96 Å². The summed E-state index contributed by atoms with van der Waals surface area (Å²) in [5.74, 6) is -0.0393. The Balaban J connectivity index is 1.60. The number of aryl methyl sites for hydroxylation is 1. The number of carboxylic acids is 1. The van der Waals surface area contributed by atoms with E-state index in [1.54, 1.807) is 10.7 Å². The third-order valence-corrected chi connectivity index (χ3v) is 4.02. The summed E-state index contributed by atoms with van der Waals surface area (Å²) < 4.78 is 7.33. The number of carbonyl (C=O) groups is 1. The molecule has 0 radical (unpaired) electrons. The predicted molar refractivity (Wildman–Crippen MR) is 82.6 cm³/mol. The van der Waals surface area contributed by atoms with Crippen LogP contribution in [0.1, 0.15) is 16.3 Å². The molecule has 2 aromatic heterocycles. The lowest BCUT2D eigenvalue weighted by atomic mass is 10.2. The van der Waals surface area contributed by atoms with Crippen LogP contribution in [0.5, 0.6) is 5.75 Å². The quantitative estimate of drug-likeness (QED) is 0.755. The van der Waals surface area contributed by atoms with Crippen molar-refractivity contribution in [2.45, 2.75) is 19.8 Å². The van der Waals surface area contributed by atoms with Crippen molar-refractivity contribution in [3.8, 4) is 5.75 Å². The summed E-state index contributed by atoms with van der Waals surface area (Å²) in [7, 11) is 0. The van der Waals surface area contributed by atoms with Gasteiger partial charge in [-0.05, 0) is 24.6 Å². The minimum atomic E-state index is -0.891. The number of ether oxygens (including phenoxy) is 1. The number of rotatable bonds is 6. The lowest BCUT2D eigenvalue weighted by molar-refractivity contribution is -0.136. The van der Waals surface area contributed by atoms with E-state index in [9.17, 15) is 4.79 Å². The van der Waals surface area contributed by atoms with Gasteiger partial charge in [-0.25, -0.2) is 9.50 Å². The van der Waals surface area contributed by atoms with Gasteiger partial charge in [0.15, 0.2) is 0 Å². The van der Waals surface area contributed by atoms with Crippen LogP contribution in [0.3, 0.4) is 0 Å². The van der Waals surface area contributed by atoms with Crippen LogP contribution in [0.2, 0.25) is 0 Å². The van der Waals surface area contributed by atoms with E-state index in [2.05, 4.69) is 10.1 Å².